The maximum atomic E-state index is 12.7. The second kappa shape index (κ2) is 9.85. The fraction of sp³-hybridized carbons (Fsp3) is 0.579. The van der Waals surface area contributed by atoms with Gasteiger partial charge < -0.3 is 24.6 Å². The molecule has 2 rings (SSSR count). The minimum absolute atomic E-state index is 0.0371. The number of carbonyl (C=O) groups excluding carboxylic acids is 2. The second-order valence-corrected chi connectivity index (χ2v) is 8.25. The zero-order valence-corrected chi connectivity index (χ0v) is 17.5. The third kappa shape index (κ3) is 5.52. The lowest BCUT2D eigenvalue weighted by Crippen LogP contribution is -3.06. The summed E-state index contributed by atoms with van der Waals surface area (Å²) in [7, 11) is 7.30. The van der Waals surface area contributed by atoms with E-state index in [1.165, 1.54) is 4.90 Å². The van der Waals surface area contributed by atoms with Crippen LogP contribution in [0.3, 0.4) is 0 Å². The van der Waals surface area contributed by atoms with E-state index in [0.717, 1.165) is 12.1 Å². The van der Waals surface area contributed by atoms with Gasteiger partial charge in [-0.2, -0.15) is 0 Å². The Morgan fingerprint density at radius 3 is 2.67 bits per heavy atom. The van der Waals surface area contributed by atoms with Gasteiger partial charge in [0.15, 0.2) is 0 Å². The average molecular weight is 397 g/mol. The van der Waals surface area contributed by atoms with E-state index in [-0.39, 0.29) is 28.9 Å². The van der Waals surface area contributed by atoms with E-state index in [4.69, 9.17) is 9.47 Å². The van der Waals surface area contributed by atoms with Crippen LogP contribution in [0.15, 0.2) is 18.2 Å². The maximum absolute atomic E-state index is 12.7. The molecule has 0 unspecified atom stereocenters. The standard InChI is InChI=1S/C19H29N3O4S/c1-13-18(24)22(10-8-17(23)20-9-11-21(2)3)19(27-13)15-12-14(25-4)6-7-16(15)26-5/h6-7,12-13,19H,8-11H2,1-5H3,(H,20,23)/p+1/t13-,19-/m0/s1. The lowest BCUT2D eigenvalue weighted by atomic mass is 10.1. The highest BCUT2D eigenvalue weighted by Gasteiger charge is 2.39. The van der Waals surface area contributed by atoms with E-state index >= 15 is 0 Å². The predicted molar refractivity (Wildman–Crippen MR) is 106 cm³/mol. The Morgan fingerprint density at radius 1 is 1.30 bits per heavy atom. The van der Waals surface area contributed by atoms with E-state index < -0.39 is 0 Å². The summed E-state index contributed by atoms with van der Waals surface area (Å²) >= 11 is 1.56. The minimum atomic E-state index is -0.198. The molecular weight excluding hydrogens is 366 g/mol. The van der Waals surface area contributed by atoms with Gasteiger partial charge in [-0.1, -0.05) is 0 Å². The van der Waals surface area contributed by atoms with Crippen LogP contribution in [0.5, 0.6) is 11.5 Å². The van der Waals surface area contributed by atoms with Gasteiger partial charge in [-0.15, -0.1) is 11.8 Å². The Morgan fingerprint density at radius 2 is 2.04 bits per heavy atom. The van der Waals surface area contributed by atoms with Crippen molar-refractivity contribution >= 4 is 23.6 Å². The highest BCUT2D eigenvalue weighted by atomic mass is 32.2. The third-order valence-electron chi connectivity index (χ3n) is 4.48. The van der Waals surface area contributed by atoms with Crippen molar-refractivity contribution in [3.63, 3.8) is 0 Å². The molecule has 0 radical (unpaired) electrons. The monoisotopic (exact) mass is 396 g/mol. The van der Waals surface area contributed by atoms with Gasteiger partial charge in [0.25, 0.3) is 0 Å². The van der Waals surface area contributed by atoms with E-state index in [0.29, 0.717) is 24.6 Å². The zero-order chi connectivity index (χ0) is 20.0. The van der Waals surface area contributed by atoms with Crippen LogP contribution < -0.4 is 19.7 Å². The fourth-order valence-electron chi connectivity index (χ4n) is 2.94. The maximum Gasteiger partial charge on any atom is 0.236 e. The molecule has 1 heterocycles. The minimum Gasteiger partial charge on any atom is -0.497 e. The Kier molecular flexibility index (Phi) is 7.79. The van der Waals surface area contributed by atoms with Crippen LogP contribution in [-0.2, 0) is 9.59 Å². The smallest absolute Gasteiger partial charge is 0.236 e. The van der Waals surface area contributed by atoms with Crippen LogP contribution in [0, 0.1) is 0 Å². The molecular formula is C19H30N3O4S+. The molecule has 0 bridgehead atoms. The SMILES string of the molecule is COc1ccc(OC)c([C@@H]2S[C@@H](C)C(=O)N2CCC(=O)NCC[NH+](C)C)c1. The number of benzene rings is 1. The van der Waals surface area contributed by atoms with Crippen LogP contribution in [0.1, 0.15) is 24.3 Å². The molecule has 0 aliphatic carbocycles. The van der Waals surface area contributed by atoms with Crippen LogP contribution in [0.2, 0.25) is 0 Å². The lowest BCUT2D eigenvalue weighted by Gasteiger charge is -2.25. The summed E-state index contributed by atoms with van der Waals surface area (Å²) in [6.45, 7) is 3.77. The number of carbonyl (C=O) groups is 2. The molecule has 1 aromatic carbocycles. The molecule has 1 aliphatic heterocycles. The number of thioether (sulfide) groups is 1. The number of nitrogens with one attached hydrogen (secondary N) is 2. The predicted octanol–water partition coefficient (Wildman–Crippen LogP) is 0.317. The number of hydrogen-bond acceptors (Lipinski definition) is 5. The molecule has 0 aromatic heterocycles. The summed E-state index contributed by atoms with van der Waals surface area (Å²) < 4.78 is 10.8. The topological polar surface area (TPSA) is 72.3 Å². The van der Waals surface area contributed by atoms with Gasteiger partial charge in [0, 0.05) is 18.5 Å². The van der Waals surface area contributed by atoms with Crippen LogP contribution in [-0.4, -0.2) is 69.9 Å². The number of quaternary nitrogens is 1. The van der Waals surface area contributed by atoms with Crippen molar-refractivity contribution in [2.45, 2.75) is 24.0 Å². The number of methoxy groups -OCH3 is 2. The van der Waals surface area contributed by atoms with Crippen LogP contribution in [0.25, 0.3) is 0 Å². The van der Waals surface area contributed by atoms with Gasteiger partial charge in [-0.05, 0) is 25.1 Å². The van der Waals surface area contributed by atoms with E-state index in [9.17, 15) is 9.59 Å². The number of likely N-dealkylation sites (N-methyl/N-ethyl adjacent to an activating group) is 1. The molecule has 1 fully saturated rings. The molecule has 0 saturated carbocycles. The first-order chi connectivity index (χ1) is 12.9. The number of ether oxygens (including phenoxy) is 2. The van der Waals surface area contributed by atoms with E-state index in [1.54, 1.807) is 30.9 Å². The zero-order valence-electron chi connectivity index (χ0n) is 16.7. The first kappa shape index (κ1) is 21.4. The van der Waals surface area contributed by atoms with Gasteiger partial charge in [0.2, 0.25) is 11.8 Å². The van der Waals surface area contributed by atoms with Gasteiger partial charge in [-0.3, -0.25) is 9.59 Å². The Bertz CT molecular complexity index is 668. The van der Waals surface area contributed by atoms with Crippen molar-refractivity contribution in [3.05, 3.63) is 23.8 Å². The van der Waals surface area contributed by atoms with Crippen molar-refractivity contribution < 1.29 is 24.0 Å². The summed E-state index contributed by atoms with van der Waals surface area (Å²) in [6, 6.07) is 5.57. The fourth-order valence-corrected chi connectivity index (χ4v) is 4.26. The van der Waals surface area contributed by atoms with E-state index in [2.05, 4.69) is 5.32 Å². The summed E-state index contributed by atoms with van der Waals surface area (Å²) in [6.07, 6.45) is 0.282. The third-order valence-corrected chi connectivity index (χ3v) is 5.85. The molecule has 0 spiro atoms. The molecule has 1 saturated heterocycles. The highest BCUT2D eigenvalue weighted by molar-refractivity contribution is 8.01. The number of rotatable bonds is 9. The summed E-state index contributed by atoms with van der Waals surface area (Å²) in [4.78, 5) is 27.8. The first-order valence-corrected chi connectivity index (χ1v) is 10.0. The average Bonchev–Trinajstić information content (AvgIpc) is 2.93. The number of amides is 2. The van der Waals surface area contributed by atoms with E-state index in [1.807, 2.05) is 39.2 Å². The molecule has 150 valence electrons. The number of nitrogens with zero attached hydrogens (tertiary/aromatic N) is 1. The molecule has 2 N–H and O–H groups in total. The summed E-state index contributed by atoms with van der Waals surface area (Å²) in [5.41, 5.74) is 0.885. The molecule has 1 aromatic rings. The van der Waals surface area contributed by atoms with Crippen molar-refractivity contribution in [3.8, 4) is 11.5 Å². The van der Waals surface area contributed by atoms with Crippen molar-refractivity contribution in [1.82, 2.24) is 10.2 Å². The molecule has 1 aliphatic rings. The Labute approximate surface area is 165 Å². The van der Waals surface area contributed by atoms with Crippen LogP contribution in [0.4, 0.5) is 0 Å². The quantitative estimate of drug-likeness (QED) is 0.629. The van der Waals surface area contributed by atoms with Crippen LogP contribution >= 0.6 is 11.8 Å². The van der Waals surface area contributed by atoms with Crippen molar-refractivity contribution in [1.29, 1.82) is 0 Å². The normalized spacial score (nSPS) is 19.5. The first-order valence-electron chi connectivity index (χ1n) is 9.11. The Hall–Kier alpha value is -1.93. The second-order valence-electron chi connectivity index (χ2n) is 6.83. The van der Waals surface area contributed by atoms with Gasteiger partial charge >= 0.3 is 0 Å². The molecule has 2 atom stereocenters. The largest absolute Gasteiger partial charge is 0.497 e. The molecule has 8 heteroatoms. The van der Waals surface area contributed by atoms with Gasteiger partial charge in [-0.25, -0.2) is 0 Å². The number of hydrogen-bond donors (Lipinski definition) is 2. The van der Waals surface area contributed by atoms with Crippen molar-refractivity contribution in [2.24, 2.45) is 0 Å². The molecule has 7 nitrogen and oxygen atoms in total. The molecule has 2 amide bonds. The Balaban J connectivity index is 2.10. The van der Waals surface area contributed by atoms with Gasteiger partial charge in [0.05, 0.1) is 46.7 Å². The molecule has 27 heavy (non-hydrogen) atoms. The highest BCUT2D eigenvalue weighted by Crippen LogP contribution is 2.46. The van der Waals surface area contributed by atoms with Gasteiger partial charge in [0.1, 0.15) is 16.9 Å². The lowest BCUT2D eigenvalue weighted by molar-refractivity contribution is -0.856. The summed E-state index contributed by atoms with van der Waals surface area (Å²) in [5, 5.41) is 2.55. The van der Waals surface area contributed by atoms with Crippen molar-refractivity contribution in [2.75, 3.05) is 47.9 Å². The summed E-state index contributed by atoms with van der Waals surface area (Å²) in [5.74, 6) is 1.42.